The van der Waals surface area contributed by atoms with E-state index in [-0.39, 0.29) is 26.1 Å². The first-order valence-electron chi connectivity index (χ1n) is 6.95. The number of rotatable bonds is 12. The van der Waals surface area contributed by atoms with Gasteiger partial charge in [-0.3, -0.25) is 4.79 Å². The number of methoxy groups -OCH3 is 1. The van der Waals surface area contributed by atoms with Gasteiger partial charge in [0.25, 0.3) is 0 Å². The van der Waals surface area contributed by atoms with Gasteiger partial charge >= 0.3 is 18.0 Å². The quantitative estimate of drug-likeness (QED) is 0.295. The van der Waals surface area contributed by atoms with Crippen LogP contribution in [0.3, 0.4) is 0 Å². The van der Waals surface area contributed by atoms with Crippen LogP contribution in [0.2, 0.25) is 0 Å². The topological polar surface area (TPSA) is 109 Å². The Hall–Kier alpha value is -1.71. The van der Waals surface area contributed by atoms with E-state index >= 15 is 0 Å². The van der Waals surface area contributed by atoms with Crippen molar-refractivity contribution in [1.29, 1.82) is 0 Å². The standard InChI is InChI=1S/C13H21NO8/c1-18-4-5-19-6-7-20-8-9-21-11(15)3-2-10-12(16)22-13(17)14-10/h10H,2-9H2,1H3,(H,14,17)/t10-/m1/s1. The third-order valence-electron chi connectivity index (χ3n) is 2.70. The third kappa shape index (κ3) is 7.91. The molecule has 0 aliphatic carbocycles. The van der Waals surface area contributed by atoms with Gasteiger partial charge in [0.15, 0.2) is 0 Å². The summed E-state index contributed by atoms with van der Waals surface area (Å²) in [6.07, 6.45) is -0.623. The Morgan fingerprint density at radius 3 is 2.32 bits per heavy atom. The lowest BCUT2D eigenvalue weighted by atomic mass is 10.2. The summed E-state index contributed by atoms with van der Waals surface area (Å²) < 4.78 is 24.4. The molecule has 1 fully saturated rings. The molecule has 1 aliphatic heterocycles. The number of nitrogens with one attached hydrogen (secondary N) is 1. The SMILES string of the molecule is COCCOCCOCCOC(=O)CC[C@H]1NC(=O)OC1=O. The highest BCUT2D eigenvalue weighted by Crippen LogP contribution is 2.07. The smallest absolute Gasteiger partial charge is 0.415 e. The molecule has 1 rings (SSSR count). The van der Waals surface area contributed by atoms with Crippen molar-refractivity contribution < 1.29 is 38.1 Å². The molecule has 0 saturated carbocycles. The Morgan fingerprint density at radius 2 is 1.73 bits per heavy atom. The van der Waals surface area contributed by atoms with Crippen molar-refractivity contribution in [2.45, 2.75) is 18.9 Å². The number of ether oxygens (including phenoxy) is 5. The molecule has 0 aromatic carbocycles. The van der Waals surface area contributed by atoms with Crippen LogP contribution in [0.25, 0.3) is 0 Å². The first-order chi connectivity index (χ1) is 10.6. The summed E-state index contributed by atoms with van der Waals surface area (Å²) in [5, 5.41) is 2.30. The molecule has 1 amide bonds. The molecule has 0 aromatic heterocycles. The zero-order chi connectivity index (χ0) is 16.2. The molecule has 1 heterocycles. The number of hydrogen-bond donors (Lipinski definition) is 1. The van der Waals surface area contributed by atoms with Crippen molar-refractivity contribution in [2.75, 3.05) is 46.8 Å². The Bertz CT molecular complexity index is 373. The van der Waals surface area contributed by atoms with Crippen LogP contribution in [0.4, 0.5) is 4.79 Å². The predicted octanol–water partition coefficient (Wildman–Crippen LogP) is -0.376. The van der Waals surface area contributed by atoms with Gasteiger partial charge in [-0.2, -0.15) is 0 Å². The molecule has 126 valence electrons. The molecule has 9 nitrogen and oxygen atoms in total. The van der Waals surface area contributed by atoms with Crippen molar-refractivity contribution >= 4 is 18.0 Å². The van der Waals surface area contributed by atoms with E-state index in [2.05, 4.69) is 10.1 Å². The maximum Gasteiger partial charge on any atom is 0.415 e. The van der Waals surface area contributed by atoms with Crippen molar-refractivity contribution in [3.63, 3.8) is 0 Å². The van der Waals surface area contributed by atoms with Crippen LogP contribution in [-0.2, 0) is 33.3 Å². The molecular weight excluding hydrogens is 298 g/mol. The molecule has 1 N–H and O–H groups in total. The number of hydrogen-bond acceptors (Lipinski definition) is 8. The molecule has 0 aromatic rings. The molecule has 0 spiro atoms. The lowest BCUT2D eigenvalue weighted by molar-refractivity contribution is -0.145. The van der Waals surface area contributed by atoms with E-state index in [1.807, 2.05) is 0 Å². The normalized spacial score (nSPS) is 17.2. The van der Waals surface area contributed by atoms with Crippen LogP contribution < -0.4 is 5.32 Å². The molecular formula is C13H21NO8. The van der Waals surface area contributed by atoms with Crippen LogP contribution in [0.1, 0.15) is 12.8 Å². The molecule has 1 atom stereocenters. The van der Waals surface area contributed by atoms with Gasteiger partial charge in [-0.1, -0.05) is 0 Å². The molecule has 0 radical (unpaired) electrons. The fourth-order valence-corrected chi connectivity index (χ4v) is 1.60. The second-order valence-corrected chi connectivity index (χ2v) is 4.38. The van der Waals surface area contributed by atoms with Crippen molar-refractivity contribution in [2.24, 2.45) is 0 Å². The zero-order valence-electron chi connectivity index (χ0n) is 12.5. The maximum absolute atomic E-state index is 11.4. The van der Waals surface area contributed by atoms with E-state index in [9.17, 15) is 14.4 Å². The monoisotopic (exact) mass is 319 g/mol. The Balaban J connectivity index is 1.91. The number of amides is 1. The summed E-state index contributed by atoms with van der Waals surface area (Å²) in [6, 6.07) is -0.777. The van der Waals surface area contributed by atoms with E-state index < -0.39 is 24.1 Å². The Labute approximate surface area is 128 Å². The van der Waals surface area contributed by atoms with Gasteiger partial charge < -0.3 is 29.0 Å². The van der Waals surface area contributed by atoms with Gasteiger partial charge in [0.2, 0.25) is 0 Å². The van der Waals surface area contributed by atoms with Gasteiger partial charge in [-0.05, 0) is 6.42 Å². The lowest BCUT2D eigenvalue weighted by Gasteiger charge is -2.08. The minimum atomic E-state index is -0.788. The predicted molar refractivity (Wildman–Crippen MR) is 72.1 cm³/mol. The summed E-state index contributed by atoms with van der Waals surface area (Å²) in [5.74, 6) is -1.14. The number of carbonyl (C=O) groups is 3. The van der Waals surface area contributed by atoms with E-state index in [0.29, 0.717) is 26.4 Å². The summed E-state index contributed by atoms with van der Waals surface area (Å²) in [5.41, 5.74) is 0. The Kier molecular flexibility index (Phi) is 9.12. The lowest BCUT2D eigenvalue weighted by Crippen LogP contribution is -2.29. The number of carbonyl (C=O) groups excluding carboxylic acids is 3. The van der Waals surface area contributed by atoms with Crippen LogP contribution in [-0.4, -0.2) is 70.8 Å². The zero-order valence-corrected chi connectivity index (χ0v) is 12.5. The van der Waals surface area contributed by atoms with Crippen molar-refractivity contribution in [1.82, 2.24) is 5.32 Å². The van der Waals surface area contributed by atoms with Crippen LogP contribution in [0, 0.1) is 0 Å². The molecule has 9 heteroatoms. The van der Waals surface area contributed by atoms with Gasteiger partial charge in [0, 0.05) is 13.5 Å². The van der Waals surface area contributed by atoms with E-state index in [1.165, 1.54) is 0 Å². The highest BCUT2D eigenvalue weighted by atomic mass is 16.6. The van der Waals surface area contributed by atoms with Gasteiger partial charge in [-0.15, -0.1) is 0 Å². The first-order valence-corrected chi connectivity index (χ1v) is 6.95. The van der Waals surface area contributed by atoms with E-state index in [4.69, 9.17) is 18.9 Å². The first kappa shape index (κ1) is 18.3. The summed E-state index contributed by atoms with van der Waals surface area (Å²) in [6.45, 7) is 2.28. The van der Waals surface area contributed by atoms with E-state index in [0.717, 1.165) is 0 Å². The second-order valence-electron chi connectivity index (χ2n) is 4.38. The van der Waals surface area contributed by atoms with Crippen LogP contribution in [0.15, 0.2) is 0 Å². The molecule has 0 bridgehead atoms. The fraction of sp³-hybridized carbons (Fsp3) is 0.769. The molecule has 22 heavy (non-hydrogen) atoms. The number of alkyl carbamates (subject to hydrolysis) is 1. The van der Waals surface area contributed by atoms with Crippen molar-refractivity contribution in [3.8, 4) is 0 Å². The minimum Gasteiger partial charge on any atom is -0.463 e. The summed E-state index contributed by atoms with van der Waals surface area (Å²) in [7, 11) is 1.60. The van der Waals surface area contributed by atoms with Crippen molar-refractivity contribution in [3.05, 3.63) is 0 Å². The number of cyclic esters (lactones) is 2. The number of esters is 2. The second kappa shape index (κ2) is 10.9. The van der Waals surface area contributed by atoms with Gasteiger partial charge in [0.05, 0.1) is 33.0 Å². The van der Waals surface area contributed by atoms with Crippen LogP contribution >= 0.6 is 0 Å². The average Bonchev–Trinajstić information content (AvgIpc) is 2.81. The van der Waals surface area contributed by atoms with Crippen LogP contribution in [0.5, 0.6) is 0 Å². The highest BCUT2D eigenvalue weighted by Gasteiger charge is 2.32. The molecule has 0 unspecified atom stereocenters. The fourth-order valence-electron chi connectivity index (χ4n) is 1.60. The van der Waals surface area contributed by atoms with Gasteiger partial charge in [0.1, 0.15) is 12.6 Å². The summed E-state index contributed by atoms with van der Waals surface area (Å²) in [4.78, 5) is 33.3. The Morgan fingerprint density at radius 1 is 1.09 bits per heavy atom. The molecule has 1 saturated heterocycles. The largest absolute Gasteiger partial charge is 0.463 e. The summed E-state index contributed by atoms with van der Waals surface area (Å²) >= 11 is 0. The third-order valence-corrected chi connectivity index (χ3v) is 2.70. The molecule has 1 aliphatic rings. The van der Waals surface area contributed by atoms with E-state index in [1.54, 1.807) is 7.11 Å². The highest BCUT2D eigenvalue weighted by molar-refractivity contribution is 5.95. The van der Waals surface area contributed by atoms with Gasteiger partial charge in [-0.25, -0.2) is 9.59 Å². The maximum atomic E-state index is 11.4. The average molecular weight is 319 g/mol. The minimum absolute atomic E-state index is 0.0141.